The van der Waals surface area contributed by atoms with Gasteiger partial charge in [-0.1, -0.05) is 13.8 Å². The average molecular weight is 231 g/mol. The van der Waals surface area contributed by atoms with Crippen LogP contribution in [0, 0.1) is 5.92 Å². The molecule has 0 bridgehead atoms. The maximum atomic E-state index is 11.9. The Balaban J connectivity index is 2.42. The fourth-order valence-corrected chi connectivity index (χ4v) is 1.59. The second kappa shape index (κ2) is 6.18. The van der Waals surface area contributed by atoms with E-state index in [9.17, 15) is 4.79 Å². The van der Waals surface area contributed by atoms with E-state index in [0.29, 0.717) is 38.6 Å². The fraction of sp³-hybridized carbons (Fsp3) is 0.909. The third-order valence-corrected chi connectivity index (χ3v) is 2.69. The number of hydroxylamine groups is 1. The van der Waals surface area contributed by atoms with E-state index in [1.165, 1.54) is 0 Å². The number of carbonyl (C=O) groups is 1. The molecule has 0 aromatic heterocycles. The number of ether oxygens (including phenoxy) is 2. The molecule has 0 aromatic rings. The topological polar surface area (TPSA) is 56.8 Å². The zero-order valence-electron chi connectivity index (χ0n) is 10.2. The quantitative estimate of drug-likeness (QED) is 0.714. The van der Waals surface area contributed by atoms with Crippen LogP contribution in [0.4, 0.5) is 0 Å². The number of methoxy groups -OCH3 is 1. The Labute approximate surface area is 96.4 Å². The molecule has 5 nitrogen and oxygen atoms in total. The van der Waals surface area contributed by atoms with Gasteiger partial charge in [-0.3, -0.25) is 9.63 Å². The number of hydrogen-bond acceptors (Lipinski definition) is 4. The fourth-order valence-electron chi connectivity index (χ4n) is 1.59. The number of rotatable bonds is 5. The molecule has 0 spiro atoms. The molecule has 1 aliphatic heterocycles. The predicted molar refractivity (Wildman–Crippen MR) is 58.7 cm³/mol. The van der Waals surface area contributed by atoms with Crippen molar-refractivity contribution in [1.82, 2.24) is 5.48 Å². The summed E-state index contributed by atoms with van der Waals surface area (Å²) in [4.78, 5) is 17.0. The minimum absolute atomic E-state index is 0.209. The number of nitrogens with one attached hydrogen (secondary N) is 1. The zero-order chi connectivity index (χ0) is 12.0. The first-order valence-electron chi connectivity index (χ1n) is 5.66. The van der Waals surface area contributed by atoms with E-state index in [-0.39, 0.29) is 5.91 Å². The van der Waals surface area contributed by atoms with Gasteiger partial charge in [-0.2, -0.15) is 0 Å². The molecule has 1 saturated heterocycles. The molecule has 16 heavy (non-hydrogen) atoms. The van der Waals surface area contributed by atoms with E-state index in [0.717, 1.165) is 0 Å². The highest BCUT2D eigenvalue weighted by molar-refractivity contribution is 5.84. The van der Waals surface area contributed by atoms with Gasteiger partial charge in [0, 0.05) is 33.2 Å². The van der Waals surface area contributed by atoms with Crippen molar-refractivity contribution in [2.24, 2.45) is 5.92 Å². The Morgan fingerprint density at radius 2 is 2.06 bits per heavy atom. The Bertz CT molecular complexity index is 224. The van der Waals surface area contributed by atoms with Crippen LogP contribution < -0.4 is 5.48 Å². The number of carbonyl (C=O) groups excluding carboxylic acids is 1. The third kappa shape index (κ3) is 3.43. The summed E-state index contributed by atoms with van der Waals surface area (Å²) in [6, 6.07) is 0. The van der Waals surface area contributed by atoms with Crippen molar-refractivity contribution >= 4 is 5.91 Å². The van der Waals surface area contributed by atoms with Crippen LogP contribution >= 0.6 is 0 Å². The minimum Gasteiger partial charge on any atom is -0.381 e. The van der Waals surface area contributed by atoms with Gasteiger partial charge in [0.05, 0.1) is 6.61 Å². The lowest BCUT2D eigenvalue weighted by Gasteiger charge is -2.33. The summed E-state index contributed by atoms with van der Waals surface area (Å²) in [6.45, 7) is 5.64. The molecule has 0 unspecified atom stereocenters. The van der Waals surface area contributed by atoms with Crippen LogP contribution in [0.5, 0.6) is 0 Å². The van der Waals surface area contributed by atoms with Crippen molar-refractivity contribution in [1.29, 1.82) is 0 Å². The Morgan fingerprint density at radius 1 is 1.44 bits per heavy atom. The van der Waals surface area contributed by atoms with Gasteiger partial charge in [0.2, 0.25) is 0 Å². The Morgan fingerprint density at radius 3 is 2.56 bits per heavy atom. The summed E-state index contributed by atoms with van der Waals surface area (Å²) in [5.41, 5.74) is 1.67. The maximum absolute atomic E-state index is 11.9. The molecule has 1 amide bonds. The molecule has 5 heteroatoms. The van der Waals surface area contributed by atoms with Crippen molar-refractivity contribution in [2.75, 3.05) is 26.9 Å². The summed E-state index contributed by atoms with van der Waals surface area (Å²) in [7, 11) is 1.55. The predicted octanol–water partition coefficient (Wildman–Crippen LogP) is 0.886. The van der Waals surface area contributed by atoms with Crippen LogP contribution in [0.25, 0.3) is 0 Å². The molecule has 1 N–H and O–H groups in total. The van der Waals surface area contributed by atoms with E-state index in [1.54, 1.807) is 7.11 Å². The SMILES string of the molecule is COC1(C(=O)NOCC(C)C)CCOCC1. The van der Waals surface area contributed by atoms with Gasteiger partial charge in [-0.05, 0) is 5.92 Å². The lowest BCUT2D eigenvalue weighted by molar-refractivity contribution is -0.168. The molecule has 1 aliphatic rings. The first kappa shape index (κ1) is 13.4. The van der Waals surface area contributed by atoms with Gasteiger partial charge < -0.3 is 9.47 Å². The Kier molecular flexibility index (Phi) is 5.18. The van der Waals surface area contributed by atoms with Crippen LogP contribution in [0.2, 0.25) is 0 Å². The normalized spacial score (nSPS) is 19.8. The Hall–Kier alpha value is -0.650. The van der Waals surface area contributed by atoms with Crippen LogP contribution in [0.15, 0.2) is 0 Å². The number of amides is 1. The van der Waals surface area contributed by atoms with Crippen molar-refractivity contribution in [3.63, 3.8) is 0 Å². The average Bonchev–Trinajstić information content (AvgIpc) is 2.29. The largest absolute Gasteiger partial charge is 0.381 e. The van der Waals surface area contributed by atoms with E-state index < -0.39 is 5.60 Å². The summed E-state index contributed by atoms with van der Waals surface area (Å²) < 4.78 is 10.5. The molecule has 1 fully saturated rings. The van der Waals surface area contributed by atoms with E-state index in [4.69, 9.17) is 14.3 Å². The summed E-state index contributed by atoms with van der Waals surface area (Å²) in [5, 5.41) is 0. The molecule has 0 aromatic carbocycles. The molecule has 0 saturated carbocycles. The van der Waals surface area contributed by atoms with Crippen molar-refractivity contribution in [3.05, 3.63) is 0 Å². The lowest BCUT2D eigenvalue weighted by Crippen LogP contribution is -2.51. The highest BCUT2D eigenvalue weighted by Crippen LogP contribution is 2.24. The van der Waals surface area contributed by atoms with Crippen LogP contribution in [-0.4, -0.2) is 38.4 Å². The highest BCUT2D eigenvalue weighted by atomic mass is 16.7. The van der Waals surface area contributed by atoms with Crippen LogP contribution in [0.3, 0.4) is 0 Å². The molecule has 0 aliphatic carbocycles. The van der Waals surface area contributed by atoms with Crippen molar-refractivity contribution in [3.8, 4) is 0 Å². The lowest BCUT2D eigenvalue weighted by atomic mass is 9.93. The third-order valence-electron chi connectivity index (χ3n) is 2.69. The highest BCUT2D eigenvalue weighted by Gasteiger charge is 2.40. The van der Waals surface area contributed by atoms with E-state index in [1.807, 2.05) is 13.8 Å². The molecule has 1 heterocycles. The molecule has 94 valence electrons. The standard InChI is InChI=1S/C11H21NO4/c1-9(2)8-16-12-10(13)11(14-3)4-6-15-7-5-11/h9H,4-8H2,1-3H3,(H,12,13). The van der Waals surface area contributed by atoms with Gasteiger partial charge in [0.25, 0.3) is 5.91 Å². The van der Waals surface area contributed by atoms with Gasteiger partial charge in [-0.15, -0.1) is 0 Å². The van der Waals surface area contributed by atoms with Crippen LogP contribution in [0.1, 0.15) is 26.7 Å². The molecule has 0 atom stereocenters. The second-order valence-electron chi connectivity index (χ2n) is 4.45. The zero-order valence-corrected chi connectivity index (χ0v) is 10.2. The second-order valence-corrected chi connectivity index (χ2v) is 4.45. The molecule has 1 rings (SSSR count). The molecular formula is C11H21NO4. The minimum atomic E-state index is -0.783. The van der Waals surface area contributed by atoms with Crippen molar-refractivity contribution < 1.29 is 19.1 Å². The van der Waals surface area contributed by atoms with E-state index >= 15 is 0 Å². The van der Waals surface area contributed by atoms with Crippen LogP contribution in [-0.2, 0) is 19.1 Å². The van der Waals surface area contributed by atoms with Crippen molar-refractivity contribution in [2.45, 2.75) is 32.3 Å². The van der Waals surface area contributed by atoms with Gasteiger partial charge in [-0.25, -0.2) is 5.48 Å². The summed E-state index contributed by atoms with van der Waals surface area (Å²) in [5.74, 6) is 0.174. The number of hydrogen-bond donors (Lipinski definition) is 1. The monoisotopic (exact) mass is 231 g/mol. The first-order chi connectivity index (χ1) is 7.60. The van der Waals surface area contributed by atoms with Gasteiger partial charge >= 0.3 is 0 Å². The van der Waals surface area contributed by atoms with Gasteiger partial charge in [0.15, 0.2) is 5.60 Å². The summed E-state index contributed by atoms with van der Waals surface area (Å²) in [6.07, 6.45) is 1.14. The molecule has 0 radical (unpaired) electrons. The first-order valence-corrected chi connectivity index (χ1v) is 5.66. The molecular weight excluding hydrogens is 210 g/mol. The maximum Gasteiger partial charge on any atom is 0.275 e. The summed E-state index contributed by atoms with van der Waals surface area (Å²) >= 11 is 0. The van der Waals surface area contributed by atoms with E-state index in [2.05, 4.69) is 5.48 Å². The van der Waals surface area contributed by atoms with Gasteiger partial charge in [0.1, 0.15) is 0 Å². The smallest absolute Gasteiger partial charge is 0.275 e.